The highest BCUT2D eigenvalue weighted by atomic mass is 16.2. The van der Waals surface area contributed by atoms with Crippen molar-refractivity contribution in [1.29, 1.82) is 0 Å². The Morgan fingerprint density at radius 1 is 1.00 bits per heavy atom. The summed E-state index contributed by atoms with van der Waals surface area (Å²) >= 11 is 0. The summed E-state index contributed by atoms with van der Waals surface area (Å²) in [6.45, 7) is 0.643. The van der Waals surface area contributed by atoms with Crippen molar-refractivity contribution in [2.75, 3.05) is 11.9 Å². The molecule has 0 bridgehead atoms. The topological polar surface area (TPSA) is 83.4 Å². The van der Waals surface area contributed by atoms with Crippen LogP contribution in [0.25, 0.3) is 11.1 Å². The number of amides is 2. The monoisotopic (exact) mass is 388 g/mol. The number of pyridine rings is 1. The van der Waals surface area contributed by atoms with Gasteiger partial charge in [-0.15, -0.1) is 0 Å². The molecule has 1 aromatic carbocycles. The first-order chi connectivity index (χ1) is 14.2. The fourth-order valence-electron chi connectivity index (χ4n) is 3.82. The van der Waals surface area contributed by atoms with Gasteiger partial charge in [0, 0.05) is 35.8 Å². The van der Waals surface area contributed by atoms with Gasteiger partial charge >= 0.3 is 0 Å². The second-order valence-corrected chi connectivity index (χ2v) is 8.18. The molecule has 2 amide bonds. The Hall–Kier alpha value is -3.02. The van der Waals surface area contributed by atoms with Gasteiger partial charge in [0.15, 0.2) is 0 Å². The third-order valence-corrected chi connectivity index (χ3v) is 5.96. The van der Waals surface area contributed by atoms with E-state index in [0.717, 1.165) is 54.4 Å². The molecule has 6 heteroatoms. The van der Waals surface area contributed by atoms with Gasteiger partial charge in [-0.2, -0.15) is 0 Å². The Balaban J connectivity index is 1.41. The van der Waals surface area contributed by atoms with Crippen LogP contribution < -0.4 is 10.6 Å². The van der Waals surface area contributed by atoms with Crippen LogP contribution in [-0.2, 0) is 16.0 Å². The molecular formula is C23H24N4O2. The van der Waals surface area contributed by atoms with Gasteiger partial charge in [0.1, 0.15) is 5.71 Å². The Morgan fingerprint density at radius 2 is 1.86 bits per heavy atom. The number of fused-ring (bicyclic) bond motifs is 1. The molecule has 29 heavy (non-hydrogen) atoms. The van der Waals surface area contributed by atoms with E-state index in [9.17, 15) is 9.59 Å². The summed E-state index contributed by atoms with van der Waals surface area (Å²) < 4.78 is 0. The Bertz CT molecular complexity index is 1010. The van der Waals surface area contributed by atoms with Crippen LogP contribution in [0.1, 0.15) is 43.2 Å². The van der Waals surface area contributed by atoms with Crippen LogP contribution in [0.2, 0.25) is 0 Å². The van der Waals surface area contributed by atoms with Crippen molar-refractivity contribution in [1.82, 2.24) is 10.3 Å². The summed E-state index contributed by atoms with van der Waals surface area (Å²) in [4.78, 5) is 33.6. The van der Waals surface area contributed by atoms with E-state index >= 15 is 0 Å². The van der Waals surface area contributed by atoms with Crippen LogP contribution in [0.3, 0.4) is 0 Å². The summed E-state index contributed by atoms with van der Waals surface area (Å²) in [5, 5.41) is 6.05. The van der Waals surface area contributed by atoms with Crippen LogP contribution in [0, 0.1) is 5.92 Å². The number of anilines is 1. The lowest BCUT2D eigenvalue weighted by Gasteiger charge is -2.27. The summed E-state index contributed by atoms with van der Waals surface area (Å²) in [6.07, 6.45) is 9.51. The highest BCUT2D eigenvalue weighted by Gasteiger charge is 2.29. The minimum absolute atomic E-state index is 0.0662. The minimum atomic E-state index is -0.0728. The van der Waals surface area contributed by atoms with Crippen molar-refractivity contribution in [3.63, 3.8) is 0 Å². The maximum Gasteiger partial charge on any atom is 0.270 e. The SMILES string of the molecule is O=C(NC1CCC1)C1=NCCc2ccc(-c3cncc(NC(=O)C4CC4)c3)cc21. The number of nitrogens with one attached hydrogen (secondary N) is 2. The second-order valence-electron chi connectivity index (χ2n) is 8.18. The number of carbonyl (C=O) groups excluding carboxylic acids is 2. The summed E-state index contributed by atoms with van der Waals surface area (Å²) in [6, 6.07) is 8.37. The standard InChI is InChI=1S/C23H24N4O2/c28-22(15-5-6-15)27-19-10-17(12-24-13-19)16-7-4-14-8-9-25-21(20(14)11-16)23(29)26-18-2-1-3-18/h4,7,10-13,15,18H,1-3,5-6,8-9H2,(H,26,29)(H,27,28). The zero-order chi connectivity index (χ0) is 19.8. The predicted octanol–water partition coefficient (Wildman–Crippen LogP) is 3.11. The Morgan fingerprint density at radius 3 is 2.62 bits per heavy atom. The molecule has 2 N–H and O–H groups in total. The van der Waals surface area contributed by atoms with Crippen LogP contribution in [0.4, 0.5) is 5.69 Å². The van der Waals surface area contributed by atoms with Gasteiger partial charge in [0.05, 0.1) is 11.9 Å². The number of hydrogen-bond acceptors (Lipinski definition) is 4. The first kappa shape index (κ1) is 18.0. The molecular weight excluding hydrogens is 364 g/mol. The molecule has 5 rings (SSSR count). The average Bonchev–Trinajstić information content (AvgIpc) is 3.55. The third kappa shape index (κ3) is 3.79. The molecule has 0 saturated heterocycles. The highest BCUT2D eigenvalue weighted by molar-refractivity contribution is 6.46. The predicted molar refractivity (Wildman–Crippen MR) is 112 cm³/mol. The van der Waals surface area contributed by atoms with Crippen molar-refractivity contribution < 1.29 is 9.59 Å². The molecule has 0 spiro atoms. The van der Waals surface area contributed by atoms with E-state index in [1.54, 1.807) is 12.4 Å². The number of nitrogens with zero attached hydrogens (tertiary/aromatic N) is 2. The zero-order valence-corrected chi connectivity index (χ0v) is 16.3. The number of aromatic nitrogens is 1. The van der Waals surface area contributed by atoms with E-state index in [1.165, 1.54) is 6.42 Å². The molecule has 2 fully saturated rings. The largest absolute Gasteiger partial charge is 0.348 e. The molecule has 1 aliphatic heterocycles. The molecule has 1 aromatic heterocycles. The lowest BCUT2D eigenvalue weighted by atomic mass is 9.91. The van der Waals surface area contributed by atoms with Crippen molar-refractivity contribution in [2.45, 2.75) is 44.6 Å². The van der Waals surface area contributed by atoms with Crippen LogP contribution >= 0.6 is 0 Å². The van der Waals surface area contributed by atoms with Gasteiger partial charge in [-0.25, -0.2) is 0 Å². The second kappa shape index (κ2) is 7.43. The molecule has 3 aliphatic rings. The molecule has 2 saturated carbocycles. The maximum atomic E-state index is 12.8. The van der Waals surface area contributed by atoms with Crippen molar-refractivity contribution in [3.8, 4) is 11.1 Å². The normalized spacial score (nSPS) is 18.3. The first-order valence-corrected chi connectivity index (χ1v) is 10.4. The fraction of sp³-hybridized carbons (Fsp3) is 0.391. The van der Waals surface area contributed by atoms with E-state index in [-0.39, 0.29) is 23.8 Å². The van der Waals surface area contributed by atoms with Crippen molar-refractivity contribution >= 4 is 23.2 Å². The van der Waals surface area contributed by atoms with Gasteiger partial charge in [-0.05, 0) is 61.8 Å². The molecule has 6 nitrogen and oxygen atoms in total. The zero-order valence-electron chi connectivity index (χ0n) is 16.3. The summed E-state index contributed by atoms with van der Waals surface area (Å²) in [5.41, 5.74) is 5.15. The minimum Gasteiger partial charge on any atom is -0.348 e. The van der Waals surface area contributed by atoms with Gasteiger partial charge in [-0.3, -0.25) is 19.6 Å². The number of hydrogen-bond donors (Lipinski definition) is 2. The lowest BCUT2D eigenvalue weighted by Crippen LogP contribution is -2.44. The van der Waals surface area contributed by atoms with Crippen LogP contribution in [0.15, 0.2) is 41.7 Å². The van der Waals surface area contributed by atoms with Gasteiger partial charge in [0.2, 0.25) is 5.91 Å². The summed E-state index contributed by atoms with van der Waals surface area (Å²) in [5.74, 6) is 0.142. The van der Waals surface area contributed by atoms with E-state index in [0.29, 0.717) is 17.9 Å². The molecule has 0 radical (unpaired) electrons. The molecule has 2 aliphatic carbocycles. The van der Waals surface area contributed by atoms with Crippen molar-refractivity contribution in [2.24, 2.45) is 10.9 Å². The number of rotatable bonds is 5. The van der Waals surface area contributed by atoms with E-state index in [2.05, 4.69) is 32.7 Å². The van der Waals surface area contributed by atoms with Crippen LogP contribution in [-0.4, -0.2) is 35.1 Å². The molecule has 148 valence electrons. The summed E-state index contributed by atoms with van der Waals surface area (Å²) in [7, 11) is 0. The van der Waals surface area contributed by atoms with Crippen molar-refractivity contribution in [3.05, 3.63) is 47.8 Å². The Labute approximate surface area is 169 Å². The molecule has 0 unspecified atom stereocenters. The quantitative estimate of drug-likeness (QED) is 0.826. The van der Waals surface area contributed by atoms with Crippen LogP contribution in [0.5, 0.6) is 0 Å². The smallest absolute Gasteiger partial charge is 0.270 e. The highest BCUT2D eigenvalue weighted by Crippen LogP contribution is 2.31. The van der Waals surface area contributed by atoms with E-state index < -0.39 is 0 Å². The Kier molecular flexibility index (Phi) is 4.62. The number of aliphatic imine (C=N–C) groups is 1. The fourth-order valence-corrected chi connectivity index (χ4v) is 3.82. The van der Waals surface area contributed by atoms with E-state index in [4.69, 9.17) is 0 Å². The molecule has 2 aromatic rings. The maximum absolute atomic E-state index is 12.8. The number of benzene rings is 1. The lowest BCUT2D eigenvalue weighted by molar-refractivity contribution is -0.117. The van der Waals surface area contributed by atoms with Gasteiger partial charge in [-0.1, -0.05) is 12.1 Å². The molecule has 0 atom stereocenters. The van der Waals surface area contributed by atoms with E-state index in [1.807, 2.05) is 12.1 Å². The average molecular weight is 388 g/mol. The number of carbonyl (C=O) groups is 2. The third-order valence-electron chi connectivity index (χ3n) is 5.96. The first-order valence-electron chi connectivity index (χ1n) is 10.4. The van der Waals surface area contributed by atoms with Gasteiger partial charge in [0.25, 0.3) is 5.91 Å². The van der Waals surface area contributed by atoms with Gasteiger partial charge < -0.3 is 10.6 Å². The molecule has 2 heterocycles.